The number of likely N-dealkylation sites (tertiary alicyclic amines) is 1. The number of nitrogens with zero attached hydrogens (tertiary/aromatic N) is 1. The predicted octanol–water partition coefficient (Wildman–Crippen LogP) is 2.85. The van der Waals surface area contributed by atoms with E-state index in [1.54, 1.807) is 0 Å². The Kier molecular flexibility index (Phi) is 4.41. The average molecular weight is 354 g/mol. The van der Waals surface area contributed by atoms with E-state index in [9.17, 15) is 14.4 Å². The van der Waals surface area contributed by atoms with Gasteiger partial charge in [0.05, 0.1) is 21.9 Å². The number of benzene rings is 1. The first-order chi connectivity index (χ1) is 11.0. The van der Waals surface area contributed by atoms with Crippen molar-refractivity contribution in [3.8, 4) is 5.75 Å². The van der Waals surface area contributed by atoms with Gasteiger partial charge < -0.3 is 4.74 Å². The van der Waals surface area contributed by atoms with Gasteiger partial charge in [0.15, 0.2) is 0 Å². The number of fused-ring (bicyclic) bond motifs is 1. The Morgan fingerprint density at radius 1 is 1.09 bits per heavy atom. The lowest BCUT2D eigenvalue weighted by Crippen LogP contribution is -2.37. The summed E-state index contributed by atoms with van der Waals surface area (Å²) in [6.45, 7) is -0.398. The third-order valence-electron chi connectivity index (χ3n) is 4.01. The summed E-state index contributed by atoms with van der Waals surface area (Å²) in [4.78, 5) is 37.5. The fourth-order valence-electron chi connectivity index (χ4n) is 2.86. The quantitative estimate of drug-likeness (QED) is 0.362. The molecule has 1 saturated heterocycles. The fourth-order valence-corrected chi connectivity index (χ4v) is 3.15. The van der Waals surface area contributed by atoms with Crippen LogP contribution in [-0.2, 0) is 14.4 Å². The van der Waals surface area contributed by atoms with Crippen LogP contribution >= 0.6 is 23.2 Å². The molecule has 1 fully saturated rings. The van der Waals surface area contributed by atoms with Crippen molar-refractivity contribution in [2.75, 3.05) is 6.54 Å². The van der Waals surface area contributed by atoms with Gasteiger partial charge in [-0.15, -0.1) is 0 Å². The van der Waals surface area contributed by atoms with Gasteiger partial charge in [0.1, 0.15) is 12.3 Å². The molecule has 1 heterocycles. The van der Waals surface area contributed by atoms with Gasteiger partial charge in [-0.1, -0.05) is 35.4 Å². The fraction of sp³-hybridized carbons (Fsp3) is 0.312. The predicted molar refractivity (Wildman–Crippen MR) is 84.2 cm³/mol. The van der Waals surface area contributed by atoms with E-state index in [1.807, 2.05) is 12.2 Å². The Hall–Kier alpha value is -1.85. The van der Waals surface area contributed by atoms with Gasteiger partial charge >= 0.3 is 5.97 Å². The summed E-state index contributed by atoms with van der Waals surface area (Å²) in [6.07, 6.45) is 4.86. The highest BCUT2D eigenvalue weighted by atomic mass is 35.5. The molecule has 0 bridgehead atoms. The van der Waals surface area contributed by atoms with Crippen LogP contribution in [0.3, 0.4) is 0 Å². The van der Waals surface area contributed by atoms with Gasteiger partial charge in [-0.25, -0.2) is 4.79 Å². The van der Waals surface area contributed by atoms with Gasteiger partial charge in [-0.3, -0.25) is 14.5 Å². The molecule has 7 heteroatoms. The smallest absolute Gasteiger partial charge is 0.331 e. The Labute approximate surface area is 142 Å². The Morgan fingerprint density at radius 2 is 1.70 bits per heavy atom. The largest absolute Gasteiger partial charge is 0.425 e. The second kappa shape index (κ2) is 6.34. The number of rotatable bonds is 3. The Bertz CT molecular complexity index is 690. The number of carbonyl (C=O) groups excluding carboxylic acids is 3. The summed E-state index contributed by atoms with van der Waals surface area (Å²) >= 11 is 11.6. The second-order valence-electron chi connectivity index (χ2n) is 5.47. The van der Waals surface area contributed by atoms with Crippen LogP contribution in [0.4, 0.5) is 0 Å². The number of hydrogen-bond acceptors (Lipinski definition) is 4. The Balaban J connectivity index is 1.67. The first-order valence-electron chi connectivity index (χ1n) is 7.13. The molecule has 120 valence electrons. The van der Waals surface area contributed by atoms with Gasteiger partial charge in [0, 0.05) is 6.07 Å². The molecule has 2 amide bonds. The highest BCUT2D eigenvalue weighted by molar-refractivity contribution is 6.42. The third-order valence-corrected chi connectivity index (χ3v) is 4.75. The molecule has 3 rings (SSSR count). The maximum absolute atomic E-state index is 12.3. The topological polar surface area (TPSA) is 63.7 Å². The van der Waals surface area contributed by atoms with Crippen molar-refractivity contribution >= 4 is 41.0 Å². The lowest BCUT2D eigenvalue weighted by molar-refractivity contribution is -0.148. The average Bonchev–Trinajstić information content (AvgIpc) is 2.76. The van der Waals surface area contributed by atoms with Crippen LogP contribution in [0.25, 0.3) is 0 Å². The zero-order valence-corrected chi connectivity index (χ0v) is 13.5. The van der Waals surface area contributed by atoms with Crippen molar-refractivity contribution in [3.05, 3.63) is 40.4 Å². The van der Waals surface area contributed by atoms with E-state index in [1.165, 1.54) is 18.2 Å². The maximum Gasteiger partial charge on any atom is 0.331 e. The monoisotopic (exact) mass is 353 g/mol. The molecule has 1 aliphatic carbocycles. The molecule has 0 unspecified atom stereocenters. The Morgan fingerprint density at radius 3 is 2.26 bits per heavy atom. The zero-order chi connectivity index (χ0) is 16.6. The summed E-state index contributed by atoms with van der Waals surface area (Å²) in [5.74, 6) is -1.82. The summed E-state index contributed by atoms with van der Waals surface area (Å²) in [5.41, 5.74) is 0. The van der Waals surface area contributed by atoms with E-state index in [0.29, 0.717) is 17.9 Å². The van der Waals surface area contributed by atoms with Crippen LogP contribution < -0.4 is 4.74 Å². The SMILES string of the molecule is O=C(CN1C(=O)[C@H]2CC=CC[C@@H]2C1=O)Oc1ccc(Cl)c(Cl)c1. The zero-order valence-electron chi connectivity index (χ0n) is 12.0. The summed E-state index contributed by atoms with van der Waals surface area (Å²) in [6, 6.07) is 4.39. The first-order valence-corrected chi connectivity index (χ1v) is 7.89. The molecule has 1 aromatic rings. The molecule has 0 spiro atoms. The van der Waals surface area contributed by atoms with Gasteiger partial charge in [0.25, 0.3) is 0 Å². The number of ether oxygens (including phenoxy) is 1. The van der Waals surface area contributed by atoms with E-state index in [4.69, 9.17) is 27.9 Å². The molecule has 2 aliphatic rings. The molecular formula is C16H13Cl2NO4. The van der Waals surface area contributed by atoms with E-state index in [2.05, 4.69) is 0 Å². The van der Waals surface area contributed by atoms with Crippen molar-refractivity contribution in [1.29, 1.82) is 0 Å². The minimum Gasteiger partial charge on any atom is -0.425 e. The summed E-state index contributed by atoms with van der Waals surface area (Å²) in [5, 5.41) is 0.593. The number of carbonyl (C=O) groups is 3. The van der Waals surface area contributed by atoms with Crippen molar-refractivity contribution < 1.29 is 19.1 Å². The highest BCUT2D eigenvalue weighted by Crippen LogP contribution is 2.35. The normalized spacial score (nSPS) is 23.1. The van der Waals surface area contributed by atoms with Crippen LogP contribution in [0, 0.1) is 11.8 Å². The van der Waals surface area contributed by atoms with Crippen molar-refractivity contribution in [1.82, 2.24) is 4.90 Å². The molecule has 0 saturated carbocycles. The van der Waals surface area contributed by atoms with Crippen molar-refractivity contribution in [3.63, 3.8) is 0 Å². The summed E-state index contributed by atoms with van der Waals surface area (Å²) < 4.78 is 5.12. The van der Waals surface area contributed by atoms with Gasteiger partial charge in [0.2, 0.25) is 11.8 Å². The lowest BCUT2D eigenvalue weighted by Gasteiger charge is -2.14. The van der Waals surface area contributed by atoms with Gasteiger partial charge in [-0.05, 0) is 25.0 Å². The van der Waals surface area contributed by atoms with Crippen molar-refractivity contribution in [2.45, 2.75) is 12.8 Å². The van der Waals surface area contributed by atoms with E-state index in [0.717, 1.165) is 4.90 Å². The van der Waals surface area contributed by atoms with Gasteiger partial charge in [-0.2, -0.15) is 0 Å². The van der Waals surface area contributed by atoms with E-state index < -0.39 is 12.5 Å². The van der Waals surface area contributed by atoms with E-state index >= 15 is 0 Å². The summed E-state index contributed by atoms with van der Waals surface area (Å²) in [7, 11) is 0. The third kappa shape index (κ3) is 3.12. The molecule has 1 aromatic carbocycles. The van der Waals surface area contributed by atoms with Crippen LogP contribution in [0.15, 0.2) is 30.4 Å². The van der Waals surface area contributed by atoms with Crippen LogP contribution in [0.5, 0.6) is 5.75 Å². The number of imide groups is 1. The van der Waals surface area contributed by atoms with Crippen molar-refractivity contribution in [2.24, 2.45) is 11.8 Å². The van der Waals surface area contributed by atoms with E-state index in [-0.39, 0.29) is 34.4 Å². The first kappa shape index (κ1) is 16.0. The molecule has 1 aliphatic heterocycles. The number of esters is 1. The van der Waals surface area contributed by atoms with Crippen LogP contribution in [0.2, 0.25) is 10.0 Å². The number of allylic oxidation sites excluding steroid dienone is 2. The number of halogens is 2. The molecule has 2 atom stereocenters. The van der Waals surface area contributed by atoms with Crippen LogP contribution in [-0.4, -0.2) is 29.2 Å². The maximum atomic E-state index is 12.3. The molecule has 23 heavy (non-hydrogen) atoms. The standard InChI is InChI=1S/C16H13Cl2NO4/c17-12-6-5-9(7-13(12)18)23-14(20)8-19-15(21)10-3-1-2-4-11(10)16(19)22/h1-2,5-7,10-11H,3-4,8H2/t10-,11-/m0/s1. The molecule has 0 radical (unpaired) electrons. The molecule has 5 nitrogen and oxygen atoms in total. The lowest BCUT2D eigenvalue weighted by atomic mass is 9.85. The molecule has 0 aromatic heterocycles. The highest BCUT2D eigenvalue weighted by Gasteiger charge is 2.47. The number of amides is 2. The van der Waals surface area contributed by atoms with Crippen LogP contribution in [0.1, 0.15) is 12.8 Å². The minimum absolute atomic E-state index is 0.211. The second-order valence-corrected chi connectivity index (χ2v) is 6.28. The molecule has 0 N–H and O–H groups in total. The minimum atomic E-state index is -0.698. The number of hydrogen-bond donors (Lipinski definition) is 0. The molecular weight excluding hydrogens is 341 g/mol.